The number of hydrogen-bond acceptors (Lipinski definition) is 2. The van der Waals surface area contributed by atoms with Crippen LogP contribution in [0.3, 0.4) is 0 Å². The van der Waals surface area contributed by atoms with Crippen LogP contribution < -0.4 is 4.90 Å². The molecule has 1 aromatic rings. The van der Waals surface area contributed by atoms with E-state index in [-0.39, 0.29) is 0 Å². The summed E-state index contributed by atoms with van der Waals surface area (Å²) in [5, 5.41) is 0. The molecule has 3 heteroatoms. The molecule has 2 unspecified atom stereocenters. The van der Waals surface area contributed by atoms with E-state index in [0.29, 0.717) is 0 Å². The Morgan fingerprint density at radius 3 is 2.60 bits per heavy atom. The molecular formula is C12H17BrN2. The first-order chi connectivity index (χ1) is 7.16. The van der Waals surface area contributed by atoms with E-state index in [1.807, 2.05) is 12.3 Å². The van der Waals surface area contributed by atoms with Gasteiger partial charge in [-0.2, -0.15) is 0 Å². The maximum atomic E-state index is 4.45. The van der Waals surface area contributed by atoms with Crippen LogP contribution >= 0.6 is 15.9 Å². The highest BCUT2D eigenvalue weighted by Gasteiger charge is 2.23. The van der Waals surface area contributed by atoms with Crippen LogP contribution in [0.25, 0.3) is 0 Å². The Kier molecular flexibility index (Phi) is 3.29. The highest BCUT2D eigenvalue weighted by atomic mass is 79.9. The lowest BCUT2D eigenvalue weighted by atomic mass is 9.92. The Hall–Kier alpha value is -0.570. The molecule has 2 atom stereocenters. The average Bonchev–Trinajstić information content (AvgIpc) is 2.16. The van der Waals surface area contributed by atoms with Crippen molar-refractivity contribution < 1.29 is 0 Å². The van der Waals surface area contributed by atoms with Crippen LogP contribution in [0.2, 0.25) is 0 Å². The summed E-state index contributed by atoms with van der Waals surface area (Å²) >= 11 is 3.57. The normalized spacial score (nSPS) is 26.7. The maximum absolute atomic E-state index is 4.45. The molecule has 0 bridgehead atoms. The third-order valence-electron chi connectivity index (χ3n) is 2.91. The number of nitrogens with zero attached hydrogens (tertiary/aromatic N) is 2. The van der Waals surface area contributed by atoms with Gasteiger partial charge >= 0.3 is 0 Å². The molecule has 1 aliphatic rings. The van der Waals surface area contributed by atoms with Crippen LogP contribution in [0.4, 0.5) is 5.82 Å². The quantitative estimate of drug-likeness (QED) is 0.777. The van der Waals surface area contributed by atoms with Crippen LogP contribution in [0.1, 0.15) is 20.3 Å². The Morgan fingerprint density at radius 1 is 1.33 bits per heavy atom. The Morgan fingerprint density at radius 2 is 2.00 bits per heavy atom. The fourth-order valence-corrected chi connectivity index (χ4v) is 2.95. The lowest BCUT2D eigenvalue weighted by molar-refractivity contribution is 0.355. The zero-order valence-electron chi connectivity index (χ0n) is 9.28. The summed E-state index contributed by atoms with van der Waals surface area (Å²) in [5.74, 6) is 2.63. The highest BCUT2D eigenvalue weighted by Crippen LogP contribution is 2.29. The lowest BCUT2D eigenvalue weighted by Gasteiger charge is -2.36. The number of halogens is 1. The van der Waals surface area contributed by atoms with Gasteiger partial charge in [-0.05, 0) is 46.3 Å². The second-order valence-electron chi connectivity index (χ2n) is 4.66. The van der Waals surface area contributed by atoms with Crippen LogP contribution in [-0.4, -0.2) is 18.1 Å². The summed E-state index contributed by atoms with van der Waals surface area (Å²) in [5.41, 5.74) is 0. The second-order valence-corrected chi connectivity index (χ2v) is 5.51. The molecule has 82 valence electrons. The first kappa shape index (κ1) is 10.9. The third-order valence-corrected chi connectivity index (χ3v) is 3.53. The predicted molar refractivity (Wildman–Crippen MR) is 67.1 cm³/mol. The fraction of sp³-hybridized carbons (Fsp3) is 0.583. The van der Waals surface area contributed by atoms with Crippen molar-refractivity contribution in [3.63, 3.8) is 0 Å². The predicted octanol–water partition coefficient (Wildman–Crippen LogP) is 3.33. The van der Waals surface area contributed by atoms with Crippen LogP contribution in [0.5, 0.6) is 0 Å². The van der Waals surface area contributed by atoms with E-state index < -0.39 is 0 Å². The Balaban J connectivity index is 2.20. The number of rotatable bonds is 1. The number of aromatic nitrogens is 1. The Labute approximate surface area is 99.8 Å². The van der Waals surface area contributed by atoms with Gasteiger partial charge in [0.1, 0.15) is 5.82 Å². The van der Waals surface area contributed by atoms with Crippen LogP contribution in [0, 0.1) is 11.8 Å². The number of hydrogen-bond donors (Lipinski definition) is 0. The monoisotopic (exact) mass is 268 g/mol. The summed E-state index contributed by atoms with van der Waals surface area (Å²) in [7, 11) is 0. The molecule has 2 heterocycles. The number of pyridine rings is 1. The molecule has 0 aromatic carbocycles. The van der Waals surface area contributed by atoms with Crippen molar-refractivity contribution in [1.29, 1.82) is 0 Å². The summed E-state index contributed by atoms with van der Waals surface area (Å²) in [4.78, 5) is 6.84. The zero-order chi connectivity index (χ0) is 10.8. The van der Waals surface area contributed by atoms with E-state index in [0.717, 1.165) is 35.2 Å². The van der Waals surface area contributed by atoms with Crippen molar-refractivity contribution in [2.75, 3.05) is 18.0 Å². The summed E-state index contributed by atoms with van der Waals surface area (Å²) in [6.07, 6.45) is 3.20. The van der Waals surface area contributed by atoms with Crippen molar-refractivity contribution >= 4 is 21.7 Å². The van der Waals surface area contributed by atoms with E-state index >= 15 is 0 Å². The van der Waals surface area contributed by atoms with Crippen LogP contribution in [-0.2, 0) is 0 Å². The van der Waals surface area contributed by atoms with Crippen molar-refractivity contribution in [2.24, 2.45) is 11.8 Å². The molecule has 1 fully saturated rings. The first-order valence-electron chi connectivity index (χ1n) is 5.52. The molecule has 0 spiro atoms. The van der Waals surface area contributed by atoms with Gasteiger partial charge in [-0.1, -0.05) is 13.8 Å². The van der Waals surface area contributed by atoms with Gasteiger partial charge in [-0.25, -0.2) is 4.98 Å². The van der Waals surface area contributed by atoms with E-state index in [1.54, 1.807) is 0 Å². The van der Waals surface area contributed by atoms with Gasteiger partial charge in [0, 0.05) is 19.3 Å². The van der Waals surface area contributed by atoms with E-state index in [4.69, 9.17) is 0 Å². The summed E-state index contributed by atoms with van der Waals surface area (Å²) < 4.78 is 1.10. The van der Waals surface area contributed by atoms with Crippen LogP contribution in [0.15, 0.2) is 22.8 Å². The van der Waals surface area contributed by atoms with Gasteiger partial charge in [0.2, 0.25) is 0 Å². The zero-order valence-corrected chi connectivity index (χ0v) is 10.9. The minimum Gasteiger partial charge on any atom is -0.355 e. The SMILES string of the molecule is CC1CC(C)CN(c2ncccc2Br)C1. The maximum Gasteiger partial charge on any atom is 0.142 e. The van der Waals surface area contributed by atoms with Crippen molar-refractivity contribution in [3.05, 3.63) is 22.8 Å². The van der Waals surface area contributed by atoms with Gasteiger partial charge in [0.05, 0.1) is 4.47 Å². The van der Waals surface area contributed by atoms with Gasteiger partial charge in [0.15, 0.2) is 0 Å². The smallest absolute Gasteiger partial charge is 0.142 e. The van der Waals surface area contributed by atoms with Gasteiger partial charge < -0.3 is 4.90 Å². The molecule has 1 saturated heterocycles. The van der Waals surface area contributed by atoms with E-state index in [1.165, 1.54) is 6.42 Å². The lowest BCUT2D eigenvalue weighted by Crippen LogP contribution is -2.39. The molecule has 2 nitrogen and oxygen atoms in total. The molecule has 2 rings (SSSR count). The molecule has 0 N–H and O–H groups in total. The summed E-state index contributed by atoms with van der Waals surface area (Å²) in [6, 6.07) is 4.02. The molecular weight excluding hydrogens is 252 g/mol. The minimum absolute atomic E-state index is 0.766. The third kappa shape index (κ3) is 2.51. The topological polar surface area (TPSA) is 16.1 Å². The fourth-order valence-electron chi connectivity index (χ4n) is 2.45. The first-order valence-corrected chi connectivity index (χ1v) is 6.31. The summed E-state index contributed by atoms with van der Waals surface area (Å²) in [6.45, 7) is 6.89. The molecule has 0 aliphatic carbocycles. The van der Waals surface area contributed by atoms with Gasteiger partial charge in [0.25, 0.3) is 0 Å². The number of piperidine rings is 1. The second kappa shape index (κ2) is 4.52. The van der Waals surface area contributed by atoms with Gasteiger partial charge in [-0.3, -0.25) is 0 Å². The number of anilines is 1. The van der Waals surface area contributed by atoms with Crippen molar-refractivity contribution in [2.45, 2.75) is 20.3 Å². The standard InChI is InChI=1S/C12H17BrN2/c1-9-6-10(2)8-15(7-9)12-11(13)4-3-5-14-12/h3-5,9-10H,6-8H2,1-2H3. The van der Waals surface area contributed by atoms with E-state index in [9.17, 15) is 0 Å². The average molecular weight is 269 g/mol. The van der Waals surface area contributed by atoms with E-state index in [2.05, 4.69) is 45.7 Å². The molecule has 1 aromatic heterocycles. The molecule has 0 amide bonds. The molecule has 0 radical (unpaired) electrons. The minimum atomic E-state index is 0.766. The highest BCUT2D eigenvalue weighted by molar-refractivity contribution is 9.10. The largest absolute Gasteiger partial charge is 0.355 e. The Bertz CT molecular complexity index is 330. The van der Waals surface area contributed by atoms with Gasteiger partial charge in [-0.15, -0.1) is 0 Å². The molecule has 15 heavy (non-hydrogen) atoms. The molecule has 1 aliphatic heterocycles. The van der Waals surface area contributed by atoms with Crippen molar-refractivity contribution in [3.8, 4) is 0 Å². The van der Waals surface area contributed by atoms with Crippen molar-refractivity contribution in [1.82, 2.24) is 4.98 Å². The molecule has 0 saturated carbocycles.